The van der Waals surface area contributed by atoms with Gasteiger partial charge < -0.3 is 20.9 Å². The summed E-state index contributed by atoms with van der Waals surface area (Å²) in [7, 11) is 4.03. The van der Waals surface area contributed by atoms with Crippen molar-refractivity contribution in [3.63, 3.8) is 0 Å². The molecule has 3 aromatic carbocycles. The van der Waals surface area contributed by atoms with Crippen molar-refractivity contribution in [2.45, 2.75) is 13.1 Å². The average Bonchev–Trinajstić information content (AvgIpc) is 3.26. The van der Waals surface area contributed by atoms with Crippen LogP contribution in [0, 0.1) is 5.82 Å². The van der Waals surface area contributed by atoms with Crippen molar-refractivity contribution < 1.29 is 14.0 Å². The highest BCUT2D eigenvalue weighted by molar-refractivity contribution is 6.37. The summed E-state index contributed by atoms with van der Waals surface area (Å²) in [6.07, 6.45) is 3.14. The van der Waals surface area contributed by atoms with Crippen molar-refractivity contribution >= 4 is 34.5 Å². The number of carbonyl (C=O) groups excluding carboxylic acids is 2. The number of anilines is 2. The maximum atomic E-state index is 13.9. The summed E-state index contributed by atoms with van der Waals surface area (Å²) >= 11 is 0. The maximum absolute atomic E-state index is 13.9. The highest BCUT2D eigenvalue weighted by Crippen LogP contribution is 2.38. The molecule has 0 aliphatic carbocycles. The second-order valence-electron chi connectivity index (χ2n) is 9.57. The molecule has 4 aromatic rings. The quantitative estimate of drug-likeness (QED) is 0.280. The molecule has 0 unspecified atom stereocenters. The SMILES string of the molecule is CN(C)Cc1ccc(NC(=C2C(=O)Nc3cc(F)ccc32)c2cccc(CNC(=O)c3ccncc3)c2)cc1. The Kier molecular flexibility index (Phi) is 7.47. The van der Waals surface area contributed by atoms with Gasteiger partial charge in [0.05, 0.1) is 17.0 Å². The van der Waals surface area contributed by atoms with Gasteiger partial charge in [-0.2, -0.15) is 0 Å². The molecule has 7 nitrogen and oxygen atoms in total. The maximum Gasteiger partial charge on any atom is 0.258 e. The second kappa shape index (κ2) is 11.3. The Bertz CT molecular complexity index is 1550. The van der Waals surface area contributed by atoms with Crippen molar-refractivity contribution in [1.29, 1.82) is 0 Å². The van der Waals surface area contributed by atoms with E-state index < -0.39 is 5.82 Å². The van der Waals surface area contributed by atoms with Crippen LogP contribution in [0.15, 0.2) is 91.3 Å². The highest BCUT2D eigenvalue weighted by atomic mass is 19.1. The first-order chi connectivity index (χ1) is 18.9. The summed E-state index contributed by atoms with van der Waals surface area (Å²) in [5.74, 6) is -0.949. The number of nitrogens with zero attached hydrogens (tertiary/aromatic N) is 2. The minimum atomic E-state index is -0.423. The lowest BCUT2D eigenvalue weighted by Crippen LogP contribution is -2.22. The van der Waals surface area contributed by atoms with E-state index in [0.717, 1.165) is 28.9 Å². The molecular formula is C31H28FN5O2. The van der Waals surface area contributed by atoms with E-state index in [0.29, 0.717) is 34.6 Å². The number of carbonyl (C=O) groups is 2. The number of pyridine rings is 1. The predicted molar refractivity (Wildman–Crippen MR) is 151 cm³/mol. The third-order valence-electron chi connectivity index (χ3n) is 6.31. The molecule has 8 heteroatoms. The molecule has 196 valence electrons. The molecule has 1 aliphatic rings. The van der Waals surface area contributed by atoms with Crippen LogP contribution in [0.2, 0.25) is 0 Å². The lowest BCUT2D eigenvalue weighted by Gasteiger charge is -2.17. The van der Waals surface area contributed by atoms with Crippen molar-refractivity contribution in [2.24, 2.45) is 0 Å². The first kappa shape index (κ1) is 25.8. The van der Waals surface area contributed by atoms with Crippen LogP contribution in [-0.2, 0) is 17.9 Å². The second-order valence-corrected chi connectivity index (χ2v) is 9.57. The molecule has 3 N–H and O–H groups in total. The topological polar surface area (TPSA) is 86.4 Å². The molecule has 0 spiro atoms. The minimum Gasteiger partial charge on any atom is -0.354 e. The molecular weight excluding hydrogens is 493 g/mol. The molecule has 5 rings (SSSR count). The van der Waals surface area contributed by atoms with E-state index >= 15 is 0 Å². The molecule has 0 bridgehead atoms. The van der Waals surface area contributed by atoms with Crippen molar-refractivity contribution in [3.8, 4) is 0 Å². The van der Waals surface area contributed by atoms with Gasteiger partial charge in [-0.25, -0.2) is 4.39 Å². The van der Waals surface area contributed by atoms with Crippen LogP contribution in [-0.4, -0.2) is 35.8 Å². The number of benzene rings is 3. The average molecular weight is 522 g/mol. The summed E-state index contributed by atoms with van der Waals surface area (Å²) in [4.78, 5) is 31.8. The van der Waals surface area contributed by atoms with Crippen molar-refractivity contribution in [2.75, 3.05) is 24.7 Å². The molecule has 0 saturated carbocycles. The number of hydrogen-bond donors (Lipinski definition) is 3. The Balaban J connectivity index is 1.50. The van der Waals surface area contributed by atoms with E-state index in [2.05, 4.69) is 25.8 Å². The van der Waals surface area contributed by atoms with E-state index in [-0.39, 0.29) is 11.8 Å². The van der Waals surface area contributed by atoms with Crippen LogP contribution in [0.5, 0.6) is 0 Å². The molecule has 0 radical (unpaired) electrons. The molecule has 2 heterocycles. The molecule has 39 heavy (non-hydrogen) atoms. The number of rotatable bonds is 8. The standard InChI is InChI=1S/C31H28FN5O2/c1-37(2)19-20-6-9-25(10-7-20)35-29(28-26-11-8-24(32)17-27(26)36-31(28)39)23-5-3-4-21(16-23)18-34-30(38)22-12-14-33-15-13-22/h3-17,35H,18-19H2,1-2H3,(H,34,38)(H,36,39). The highest BCUT2D eigenvalue weighted by Gasteiger charge is 2.29. The summed E-state index contributed by atoms with van der Waals surface area (Å²) in [6, 6.07) is 23.2. The number of fused-ring (bicyclic) bond motifs is 1. The van der Waals surface area contributed by atoms with Gasteiger partial charge in [-0.15, -0.1) is 0 Å². The van der Waals surface area contributed by atoms with E-state index in [1.54, 1.807) is 30.6 Å². The first-order valence-corrected chi connectivity index (χ1v) is 12.5. The smallest absolute Gasteiger partial charge is 0.258 e. The van der Waals surface area contributed by atoms with E-state index in [4.69, 9.17) is 0 Å². The van der Waals surface area contributed by atoms with Gasteiger partial charge in [-0.05, 0) is 79.3 Å². The van der Waals surface area contributed by atoms with E-state index in [1.165, 1.54) is 12.1 Å². The third-order valence-corrected chi connectivity index (χ3v) is 6.31. The number of aromatic nitrogens is 1. The normalized spacial score (nSPS) is 13.6. The van der Waals surface area contributed by atoms with Gasteiger partial charge >= 0.3 is 0 Å². The summed E-state index contributed by atoms with van der Waals surface area (Å²) in [6.45, 7) is 1.10. The Morgan fingerprint density at radius 3 is 2.44 bits per heavy atom. The van der Waals surface area contributed by atoms with Gasteiger partial charge in [0.2, 0.25) is 0 Å². The summed E-state index contributed by atoms with van der Waals surface area (Å²) in [5.41, 5.74) is 6.14. The Morgan fingerprint density at radius 2 is 1.69 bits per heavy atom. The van der Waals surface area contributed by atoms with Gasteiger partial charge in [0, 0.05) is 42.3 Å². The monoisotopic (exact) mass is 521 g/mol. The number of hydrogen-bond acceptors (Lipinski definition) is 5. The van der Waals surface area contributed by atoms with Crippen LogP contribution >= 0.6 is 0 Å². The molecule has 0 atom stereocenters. The zero-order valence-electron chi connectivity index (χ0n) is 21.7. The molecule has 0 fully saturated rings. The number of nitrogens with one attached hydrogen (secondary N) is 3. The Labute approximate surface area is 226 Å². The lowest BCUT2D eigenvalue weighted by molar-refractivity contribution is -0.110. The Hall–Kier alpha value is -4.82. The van der Waals surface area contributed by atoms with E-state index in [1.807, 2.05) is 62.6 Å². The van der Waals surface area contributed by atoms with Crippen molar-refractivity contribution in [1.82, 2.24) is 15.2 Å². The van der Waals surface area contributed by atoms with Gasteiger partial charge in [0.1, 0.15) is 5.82 Å². The fourth-order valence-electron chi connectivity index (χ4n) is 4.50. The number of halogens is 1. The lowest BCUT2D eigenvalue weighted by atomic mass is 9.98. The van der Waals surface area contributed by atoms with Crippen LogP contribution in [0.3, 0.4) is 0 Å². The zero-order chi connectivity index (χ0) is 27.4. The van der Waals surface area contributed by atoms with Crippen LogP contribution < -0.4 is 16.0 Å². The van der Waals surface area contributed by atoms with Crippen LogP contribution in [0.25, 0.3) is 11.3 Å². The summed E-state index contributed by atoms with van der Waals surface area (Å²) < 4.78 is 13.9. The zero-order valence-corrected chi connectivity index (χ0v) is 21.7. The fraction of sp³-hybridized carbons (Fsp3) is 0.129. The van der Waals surface area contributed by atoms with E-state index in [9.17, 15) is 14.0 Å². The third kappa shape index (κ3) is 6.02. The fourth-order valence-corrected chi connectivity index (χ4v) is 4.50. The predicted octanol–water partition coefficient (Wildman–Crippen LogP) is 5.14. The number of amides is 2. The van der Waals surface area contributed by atoms with Gasteiger partial charge in [-0.3, -0.25) is 14.6 Å². The molecule has 2 amide bonds. The van der Waals surface area contributed by atoms with Crippen LogP contribution in [0.4, 0.5) is 15.8 Å². The largest absolute Gasteiger partial charge is 0.354 e. The van der Waals surface area contributed by atoms with Crippen LogP contribution in [0.1, 0.15) is 32.6 Å². The Morgan fingerprint density at radius 1 is 0.923 bits per heavy atom. The molecule has 1 aliphatic heterocycles. The first-order valence-electron chi connectivity index (χ1n) is 12.5. The van der Waals surface area contributed by atoms with Gasteiger partial charge in [0.25, 0.3) is 11.8 Å². The van der Waals surface area contributed by atoms with Gasteiger partial charge in [0.15, 0.2) is 0 Å². The van der Waals surface area contributed by atoms with Crippen molar-refractivity contribution in [3.05, 3.63) is 125 Å². The molecule has 0 saturated heterocycles. The van der Waals surface area contributed by atoms with Gasteiger partial charge in [-0.1, -0.05) is 30.3 Å². The molecule has 1 aromatic heterocycles. The minimum absolute atomic E-state index is 0.205. The summed E-state index contributed by atoms with van der Waals surface area (Å²) in [5, 5.41) is 9.15.